The average molecular weight is 409 g/mol. The highest BCUT2D eigenvalue weighted by molar-refractivity contribution is 14.0. The molecule has 1 rings (SSSR count). The quantitative estimate of drug-likeness (QED) is 0.196. The Morgan fingerprint density at radius 1 is 1.55 bits per heavy atom. The van der Waals surface area contributed by atoms with Crippen molar-refractivity contribution in [2.75, 3.05) is 20.6 Å². The van der Waals surface area contributed by atoms with Crippen LogP contribution in [0.3, 0.4) is 0 Å². The summed E-state index contributed by atoms with van der Waals surface area (Å²) in [4.78, 5) is 10.4. The fourth-order valence-corrected chi connectivity index (χ4v) is 1.77. The van der Waals surface area contributed by atoms with Gasteiger partial charge in [-0.2, -0.15) is 0 Å². The van der Waals surface area contributed by atoms with Crippen LogP contribution in [0.25, 0.3) is 0 Å². The fraction of sp³-hybridized carbons (Fsp3) is 0.429. The van der Waals surface area contributed by atoms with Gasteiger partial charge in [-0.1, -0.05) is 23.7 Å². The van der Waals surface area contributed by atoms with Crippen LogP contribution in [0, 0.1) is 0 Å². The Bertz CT molecular complexity index is 420. The second-order valence-electron chi connectivity index (χ2n) is 4.24. The maximum Gasteiger partial charge on any atom is 0.193 e. The molecule has 1 heterocycles. The molecule has 1 aromatic heterocycles. The van der Waals surface area contributed by atoms with Crippen molar-refractivity contribution in [1.29, 1.82) is 0 Å². The lowest BCUT2D eigenvalue weighted by atomic mass is 10.3. The minimum Gasteiger partial charge on any atom is -0.352 e. The summed E-state index contributed by atoms with van der Waals surface area (Å²) < 4.78 is 0. The first kappa shape index (κ1) is 19.2. The van der Waals surface area contributed by atoms with Gasteiger partial charge < -0.3 is 10.2 Å². The lowest BCUT2D eigenvalue weighted by Crippen LogP contribution is -2.38. The first-order valence-electron chi connectivity index (χ1n) is 6.30. The number of nitrogens with zero attached hydrogens (tertiary/aromatic N) is 3. The molecule has 0 aromatic carbocycles. The summed E-state index contributed by atoms with van der Waals surface area (Å²) >= 11 is 5.75. The lowest BCUT2D eigenvalue weighted by Gasteiger charge is -2.21. The van der Waals surface area contributed by atoms with E-state index < -0.39 is 0 Å². The second-order valence-corrected chi connectivity index (χ2v) is 4.63. The van der Waals surface area contributed by atoms with Crippen molar-refractivity contribution in [2.45, 2.75) is 19.4 Å². The van der Waals surface area contributed by atoms with Gasteiger partial charge >= 0.3 is 0 Å². The molecule has 0 saturated heterocycles. The minimum absolute atomic E-state index is 0. The van der Waals surface area contributed by atoms with Crippen LogP contribution in [0.4, 0.5) is 0 Å². The third kappa shape index (κ3) is 7.09. The molecule has 0 aliphatic heterocycles. The van der Waals surface area contributed by atoms with Crippen molar-refractivity contribution < 1.29 is 0 Å². The van der Waals surface area contributed by atoms with Gasteiger partial charge in [0.1, 0.15) is 5.15 Å². The van der Waals surface area contributed by atoms with Gasteiger partial charge in [0.25, 0.3) is 0 Å². The molecule has 4 nitrogen and oxygen atoms in total. The van der Waals surface area contributed by atoms with Gasteiger partial charge in [0.15, 0.2) is 5.96 Å². The van der Waals surface area contributed by atoms with Crippen LogP contribution in [-0.2, 0) is 6.54 Å². The molecular weight excluding hydrogens is 387 g/mol. The highest BCUT2D eigenvalue weighted by Crippen LogP contribution is 2.05. The van der Waals surface area contributed by atoms with E-state index in [1.54, 1.807) is 19.3 Å². The SMILES string of the molecule is C=CCCCN(C)C(=NC)NCc1ccc(Cl)nc1.I. The third-order valence-electron chi connectivity index (χ3n) is 2.71. The van der Waals surface area contributed by atoms with Gasteiger partial charge in [0.2, 0.25) is 0 Å². The molecule has 0 bridgehead atoms. The highest BCUT2D eigenvalue weighted by atomic mass is 127. The first-order chi connectivity index (χ1) is 9.17. The Labute approximate surface area is 143 Å². The van der Waals surface area contributed by atoms with Crippen LogP contribution in [0.15, 0.2) is 36.0 Å². The molecule has 0 unspecified atom stereocenters. The van der Waals surface area contributed by atoms with Gasteiger partial charge in [-0.15, -0.1) is 30.6 Å². The van der Waals surface area contributed by atoms with E-state index in [9.17, 15) is 0 Å². The summed E-state index contributed by atoms with van der Waals surface area (Å²) in [7, 11) is 3.81. The Balaban J connectivity index is 0.00000361. The van der Waals surface area contributed by atoms with Gasteiger partial charge in [-0.05, 0) is 24.5 Å². The lowest BCUT2D eigenvalue weighted by molar-refractivity contribution is 0.470. The molecule has 6 heteroatoms. The van der Waals surface area contributed by atoms with Crippen LogP contribution in [0.1, 0.15) is 18.4 Å². The van der Waals surface area contributed by atoms with Crippen molar-refractivity contribution >= 4 is 41.5 Å². The van der Waals surface area contributed by atoms with Crippen molar-refractivity contribution in [1.82, 2.24) is 15.2 Å². The molecule has 0 radical (unpaired) electrons. The maximum atomic E-state index is 5.75. The summed E-state index contributed by atoms with van der Waals surface area (Å²) in [6.45, 7) is 5.36. The molecule has 0 aliphatic rings. The zero-order valence-electron chi connectivity index (χ0n) is 12.0. The van der Waals surface area contributed by atoms with E-state index in [0.717, 1.165) is 30.9 Å². The molecule has 20 heavy (non-hydrogen) atoms. The number of allylic oxidation sites excluding steroid dienone is 1. The Hall–Kier alpha value is -0.820. The Morgan fingerprint density at radius 2 is 2.30 bits per heavy atom. The molecule has 1 aromatic rings. The van der Waals surface area contributed by atoms with Gasteiger partial charge in [-0.25, -0.2) is 4.98 Å². The van der Waals surface area contributed by atoms with Crippen LogP contribution >= 0.6 is 35.6 Å². The number of rotatable bonds is 6. The molecule has 0 atom stereocenters. The Kier molecular flexibility index (Phi) is 10.5. The van der Waals surface area contributed by atoms with E-state index in [-0.39, 0.29) is 24.0 Å². The summed E-state index contributed by atoms with van der Waals surface area (Å²) in [5.41, 5.74) is 1.07. The summed E-state index contributed by atoms with van der Waals surface area (Å²) in [5, 5.41) is 3.81. The van der Waals surface area contributed by atoms with Gasteiger partial charge in [0.05, 0.1) is 0 Å². The smallest absolute Gasteiger partial charge is 0.193 e. The van der Waals surface area contributed by atoms with E-state index >= 15 is 0 Å². The number of halogens is 2. The van der Waals surface area contributed by atoms with Crippen molar-refractivity contribution in [2.24, 2.45) is 4.99 Å². The van der Waals surface area contributed by atoms with E-state index in [1.807, 2.05) is 19.2 Å². The monoisotopic (exact) mass is 408 g/mol. The molecule has 0 spiro atoms. The summed E-state index contributed by atoms with van der Waals surface area (Å²) in [5.74, 6) is 0.874. The summed E-state index contributed by atoms with van der Waals surface area (Å²) in [6, 6.07) is 3.74. The number of aromatic nitrogens is 1. The molecule has 0 saturated carbocycles. The number of aliphatic imine (C=N–C) groups is 1. The molecule has 0 fully saturated rings. The molecule has 0 aliphatic carbocycles. The van der Waals surface area contributed by atoms with Crippen LogP contribution in [-0.4, -0.2) is 36.5 Å². The zero-order chi connectivity index (χ0) is 14.1. The topological polar surface area (TPSA) is 40.5 Å². The number of unbranched alkanes of at least 4 members (excludes halogenated alkanes) is 1. The molecule has 0 amide bonds. The highest BCUT2D eigenvalue weighted by Gasteiger charge is 2.04. The average Bonchev–Trinajstić information content (AvgIpc) is 2.42. The van der Waals surface area contributed by atoms with E-state index in [0.29, 0.717) is 11.7 Å². The van der Waals surface area contributed by atoms with Crippen molar-refractivity contribution in [3.63, 3.8) is 0 Å². The number of nitrogens with one attached hydrogen (secondary N) is 1. The van der Waals surface area contributed by atoms with E-state index in [1.165, 1.54) is 0 Å². The first-order valence-corrected chi connectivity index (χ1v) is 6.68. The third-order valence-corrected chi connectivity index (χ3v) is 2.94. The number of hydrogen-bond acceptors (Lipinski definition) is 2. The number of guanidine groups is 1. The number of hydrogen-bond donors (Lipinski definition) is 1. The van der Waals surface area contributed by atoms with Crippen LogP contribution < -0.4 is 5.32 Å². The normalized spacial score (nSPS) is 10.7. The van der Waals surface area contributed by atoms with Gasteiger partial charge in [-0.3, -0.25) is 4.99 Å². The second kappa shape index (κ2) is 10.9. The molecule has 1 N–H and O–H groups in total. The molecule has 112 valence electrons. The van der Waals surface area contributed by atoms with Crippen LogP contribution in [0.5, 0.6) is 0 Å². The minimum atomic E-state index is 0. The zero-order valence-corrected chi connectivity index (χ0v) is 15.1. The van der Waals surface area contributed by atoms with Crippen molar-refractivity contribution in [3.05, 3.63) is 41.7 Å². The predicted octanol–water partition coefficient (Wildman–Crippen LogP) is 3.33. The van der Waals surface area contributed by atoms with Crippen molar-refractivity contribution in [3.8, 4) is 0 Å². The molecular formula is C14H22ClIN4. The summed E-state index contributed by atoms with van der Waals surface area (Å²) in [6.07, 6.45) is 5.79. The number of pyridine rings is 1. The van der Waals surface area contributed by atoms with E-state index in [4.69, 9.17) is 11.6 Å². The maximum absolute atomic E-state index is 5.75. The standard InChI is InChI=1S/C14H21ClN4.HI/c1-4-5-6-9-19(3)14(16-2)18-11-12-7-8-13(15)17-10-12;/h4,7-8,10H,1,5-6,9,11H2,2-3H3,(H,16,18);1H. The Morgan fingerprint density at radius 3 is 2.85 bits per heavy atom. The van der Waals surface area contributed by atoms with Gasteiger partial charge in [0, 0.05) is 33.4 Å². The largest absolute Gasteiger partial charge is 0.352 e. The fourth-order valence-electron chi connectivity index (χ4n) is 1.66. The van der Waals surface area contributed by atoms with Crippen LogP contribution in [0.2, 0.25) is 5.15 Å². The van der Waals surface area contributed by atoms with E-state index in [2.05, 4.69) is 26.8 Å². The predicted molar refractivity (Wildman–Crippen MR) is 96.9 cm³/mol.